The molecular weight excluding hydrogens is 318 g/mol. The quantitative estimate of drug-likeness (QED) is 0.619. The summed E-state index contributed by atoms with van der Waals surface area (Å²) in [5, 5.41) is 15.4. The SMILES string of the molecule is CC(C)NC(=O)NC(=O)Cn1cnc2cc([N+](=O)[O-])ccc2c1=O. The molecule has 0 aliphatic heterocycles. The lowest BCUT2D eigenvalue weighted by molar-refractivity contribution is -0.384. The first-order valence-electron chi connectivity index (χ1n) is 7.02. The van der Waals surface area contributed by atoms with Crippen molar-refractivity contribution in [1.82, 2.24) is 20.2 Å². The van der Waals surface area contributed by atoms with E-state index in [-0.39, 0.29) is 22.6 Å². The third-order valence-corrected chi connectivity index (χ3v) is 3.01. The van der Waals surface area contributed by atoms with Crippen molar-refractivity contribution in [1.29, 1.82) is 0 Å². The molecule has 1 aromatic carbocycles. The molecule has 0 aliphatic rings. The number of urea groups is 1. The van der Waals surface area contributed by atoms with E-state index in [1.54, 1.807) is 13.8 Å². The number of nitrogens with zero attached hydrogens (tertiary/aromatic N) is 3. The molecule has 2 rings (SSSR count). The minimum absolute atomic E-state index is 0.140. The fourth-order valence-corrected chi connectivity index (χ4v) is 1.99. The predicted molar refractivity (Wildman–Crippen MR) is 84.5 cm³/mol. The van der Waals surface area contributed by atoms with Crippen molar-refractivity contribution in [3.05, 3.63) is 45.0 Å². The minimum atomic E-state index is -0.682. The Labute approximate surface area is 135 Å². The molecule has 126 valence electrons. The van der Waals surface area contributed by atoms with E-state index in [2.05, 4.69) is 15.6 Å². The number of rotatable bonds is 4. The van der Waals surface area contributed by atoms with Crippen molar-refractivity contribution < 1.29 is 14.5 Å². The van der Waals surface area contributed by atoms with Crippen LogP contribution in [-0.2, 0) is 11.3 Å². The average molecular weight is 333 g/mol. The highest BCUT2D eigenvalue weighted by Gasteiger charge is 2.13. The highest BCUT2D eigenvalue weighted by molar-refractivity contribution is 5.94. The molecule has 0 fully saturated rings. The number of nitro groups is 1. The van der Waals surface area contributed by atoms with E-state index in [1.165, 1.54) is 18.2 Å². The maximum Gasteiger partial charge on any atom is 0.321 e. The molecule has 10 heteroatoms. The summed E-state index contributed by atoms with van der Waals surface area (Å²) in [5.41, 5.74) is -0.562. The molecule has 2 aromatic rings. The summed E-state index contributed by atoms with van der Waals surface area (Å²) < 4.78 is 1.02. The third kappa shape index (κ3) is 3.91. The standard InChI is InChI=1S/C14H15N5O5/c1-8(2)16-14(22)17-12(20)6-18-7-15-11-5-9(19(23)24)3-4-10(11)13(18)21/h3-5,7-8H,6H2,1-2H3,(H2,16,17,20,22). The van der Waals surface area contributed by atoms with Crippen LogP contribution in [-0.4, -0.2) is 32.5 Å². The zero-order valence-electron chi connectivity index (χ0n) is 13.0. The lowest BCUT2D eigenvalue weighted by Gasteiger charge is -2.10. The van der Waals surface area contributed by atoms with E-state index < -0.39 is 29.0 Å². The van der Waals surface area contributed by atoms with Gasteiger partial charge in [-0.3, -0.25) is 29.6 Å². The van der Waals surface area contributed by atoms with Gasteiger partial charge in [0.25, 0.3) is 11.2 Å². The van der Waals surface area contributed by atoms with Gasteiger partial charge in [0.15, 0.2) is 0 Å². The van der Waals surface area contributed by atoms with Crippen LogP contribution in [0.25, 0.3) is 10.9 Å². The number of hydrogen-bond acceptors (Lipinski definition) is 6. The number of fused-ring (bicyclic) bond motifs is 1. The second kappa shape index (κ2) is 6.86. The smallest absolute Gasteiger partial charge is 0.321 e. The van der Waals surface area contributed by atoms with Gasteiger partial charge in [-0.05, 0) is 19.9 Å². The lowest BCUT2D eigenvalue weighted by Crippen LogP contribution is -2.44. The molecule has 1 heterocycles. The molecule has 0 saturated heterocycles. The van der Waals surface area contributed by atoms with Crippen molar-refractivity contribution >= 4 is 28.5 Å². The first-order valence-corrected chi connectivity index (χ1v) is 7.02. The van der Waals surface area contributed by atoms with E-state index in [4.69, 9.17) is 0 Å². The van der Waals surface area contributed by atoms with Crippen LogP contribution in [0.3, 0.4) is 0 Å². The van der Waals surface area contributed by atoms with Gasteiger partial charge in [-0.1, -0.05) is 0 Å². The van der Waals surface area contributed by atoms with Crippen LogP contribution in [0, 0.1) is 10.1 Å². The second-order valence-electron chi connectivity index (χ2n) is 5.31. The third-order valence-electron chi connectivity index (χ3n) is 3.01. The molecule has 1 aromatic heterocycles. The van der Waals surface area contributed by atoms with Crippen LogP contribution in [0.2, 0.25) is 0 Å². The average Bonchev–Trinajstić information content (AvgIpc) is 2.48. The van der Waals surface area contributed by atoms with Crippen molar-refractivity contribution in [2.75, 3.05) is 0 Å². The Hall–Kier alpha value is -3.30. The predicted octanol–water partition coefficient (Wildman–Crippen LogP) is 0.539. The molecular formula is C14H15N5O5. The van der Waals surface area contributed by atoms with Crippen LogP contribution >= 0.6 is 0 Å². The fraction of sp³-hybridized carbons (Fsp3) is 0.286. The topological polar surface area (TPSA) is 136 Å². The van der Waals surface area contributed by atoms with E-state index >= 15 is 0 Å². The Morgan fingerprint density at radius 1 is 1.38 bits per heavy atom. The first kappa shape index (κ1) is 17.1. The number of benzene rings is 1. The van der Waals surface area contributed by atoms with E-state index in [0.29, 0.717) is 0 Å². The summed E-state index contributed by atoms with van der Waals surface area (Å²) in [4.78, 5) is 49.6. The number of nitrogens with one attached hydrogen (secondary N) is 2. The Morgan fingerprint density at radius 2 is 2.08 bits per heavy atom. The molecule has 10 nitrogen and oxygen atoms in total. The van der Waals surface area contributed by atoms with Crippen LogP contribution in [0.5, 0.6) is 0 Å². The molecule has 24 heavy (non-hydrogen) atoms. The Bertz CT molecular complexity index is 873. The summed E-state index contributed by atoms with van der Waals surface area (Å²) in [7, 11) is 0. The van der Waals surface area contributed by atoms with Crippen LogP contribution < -0.4 is 16.2 Å². The largest absolute Gasteiger partial charge is 0.336 e. The minimum Gasteiger partial charge on any atom is -0.336 e. The van der Waals surface area contributed by atoms with Gasteiger partial charge in [0, 0.05) is 18.2 Å². The summed E-state index contributed by atoms with van der Waals surface area (Å²) in [5.74, 6) is -0.682. The van der Waals surface area contributed by atoms with Gasteiger partial charge in [-0.25, -0.2) is 9.78 Å². The molecule has 0 saturated carbocycles. The molecule has 0 unspecified atom stereocenters. The molecule has 0 atom stereocenters. The van der Waals surface area contributed by atoms with Gasteiger partial charge in [-0.15, -0.1) is 0 Å². The maximum absolute atomic E-state index is 12.3. The normalized spacial score (nSPS) is 10.6. The number of amides is 3. The summed E-state index contributed by atoms with van der Waals surface area (Å²) in [6.45, 7) is 3.08. The molecule has 0 spiro atoms. The summed E-state index contributed by atoms with van der Waals surface area (Å²) >= 11 is 0. The zero-order chi connectivity index (χ0) is 17.9. The van der Waals surface area contributed by atoms with Crippen LogP contribution in [0.1, 0.15) is 13.8 Å². The number of nitro benzene ring substituents is 1. The maximum atomic E-state index is 12.3. The zero-order valence-corrected chi connectivity index (χ0v) is 13.0. The molecule has 0 radical (unpaired) electrons. The number of imide groups is 1. The highest BCUT2D eigenvalue weighted by atomic mass is 16.6. The van der Waals surface area contributed by atoms with E-state index in [0.717, 1.165) is 10.9 Å². The fourth-order valence-electron chi connectivity index (χ4n) is 1.99. The van der Waals surface area contributed by atoms with Crippen molar-refractivity contribution in [2.24, 2.45) is 0 Å². The number of carbonyl (C=O) groups excluding carboxylic acids is 2. The van der Waals surface area contributed by atoms with E-state index in [9.17, 15) is 24.5 Å². The Morgan fingerprint density at radius 3 is 2.71 bits per heavy atom. The van der Waals surface area contributed by atoms with Crippen molar-refractivity contribution in [2.45, 2.75) is 26.4 Å². The van der Waals surface area contributed by atoms with Gasteiger partial charge >= 0.3 is 6.03 Å². The summed E-state index contributed by atoms with van der Waals surface area (Å²) in [6, 6.07) is 2.84. The molecule has 2 N–H and O–H groups in total. The van der Waals surface area contributed by atoms with E-state index in [1.807, 2.05) is 0 Å². The molecule has 0 aliphatic carbocycles. The van der Waals surface area contributed by atoms with Gasteiger partial charge < -0.3 is 5.32 Å². The Balaban J connectivity index is 2.21. The number of carbonyl (C=O) groups is 2. The number of non-ortho nitro benzene ring substituents is 1. The molecule has 0 bridgehead atoms. The van der Waals surface area contributed by atoms with Gasteiger partial charge in [0.1, 0.15) is 6.54 Å². The van der Waals surface area contributed by atoms with Crippen LogP contribution in [0.4, 0.5) is 10.5 Å². The lowest BCUT2D eigenvalue weighted by atomic mass is 10.2. The monoisotopic (exact) mass is 333 g/mol. The van der Waals surface area contributed by atoms with Gasteiger partial charge in [0.2, 0.25) is 5.91 Å². The second-order valence-corrected chi connectivity index (χ2v) is 5.31. The summed E-state index contributed by atoms with van der Waals surface area (Å²) in [6.07, 6.45) is 1.11. The van der Waals surface area contributed by atoms with Gasteiger partial charge in [-0.2, -0.15) is 0 Å². The number of hydrogen-bond donors (Lipinski definition) is 2. The number of aromatic nitrogens is 2. The van der Waals surface area contributed by atoms with Crippen LogP contribution in [0.15, 0.2) is 29.3 Å². The van der Waals surface area contributed by atoms with Gasteiger partial charge in [0.05, 0.1) is 22.2 Å². The Kier molecular flexibility index (Phi) is 4.87. The van der Waals surface area contributed by atoms with Crippen molar-refractivity contribution in [3.8, 4) is 0 Å². The first-order chi connectivity index (χ1) is 11.3. The van der Waals surface area contributed by atoms with Crippen molar-refractivity contribution in [3.63, 3.8) is 0 Å². The highest BCUT2D eigenvalue weighted by Crippen LogP contribution is 2.16. The molecule has 3 amide bonds.